The van der Waals surface area contributed by atoms with E-state index in [4.69, 9.17) is 4.74 Å². The van der Waals surface area contributed by atoms with Crippen molar-refractivity contribution in [3.8, 4) is 0 Å². The van der Waals surface area contributed by atoms with Crippen LogP contribution in [0.5, 0.6) is 0 Å². The number of nitrogens with one attached hydrogen (secondary N) is 2. The molecule has 0 bridgehead atoms. The van der Waals surface area contributed by atoms with Gasteiger partial charge in [-0.05, 0) is 34.0 Å². The highest BCUT2D eigenvalue weighted by Gasteiger charge is 2.18. The van der Waals surface area contributed by atoms with Gasteiger partial charge in [0.2, 0.25) is 0 Å². The number of rotatable bonds is 5. The average molecular weight is 366 g/mol. The van der Waals surface area contributed by atoms with E-state index in [-0.39, 0.29) is 12.5 Å². The summed E-state index contributed by atoms with van der Waals surface area (Å²) in [5, 5.41) is 9.26. The molecule has 2 N–H and O–H groups in total. The Hall–Kier alpha value is -2.15. The molecule has 116 valence electrons. The summed E-state index contributed by atoms with van der Waals surface area (Å²) >= 11 is 3.33. The van der Waals surface area contributed by atoms with Crippen LogP contribution in [0.1, 0.15) is 35.8 Å². The summed E-state index contributed by atoms with van der Waals surface area (Å²) in [4.78, 5) is 23.8. The van der Waals surface area contributed by atoms with Crippen molar-refractivity contribution in [2.24, 2.45) is 0 Å². The number of esters is 1. The van der Waals surface area contributed by atoms with E-state index in [0.29, 0.717) is 16.9 Å². The number of ether oxygens (including phenoxy) is 1. The molecule has 0 aliphatic heterocycles. The highest BCUT2D eigenvalue weighted by molar-refractivity contribution is 9.10. The number of aromatic nitrogens is 2. The van der Waals surface area contributed by atoms with E-state index in [1.165, 1.54) is 6.20 Å². The molecule has 1 aromatic carbocycles. The number of benzene rings is 1. The van der Waals surface area contributed by atoms with Crippen molar-refractivity contribution >= 4 is 33.5 Å². The Kier molecular flexibility index (Phi) is 5.32. The van der Waals surface area contributed by atoms with Crippen LogP contribution >= 0.6 is 15.9 Å². The lowest BCUT2D eigenvalue weighted by atomic mass is 10.1. The molecule has 0 atom stereocenters. The first-order valence-corrected chi connectivity index (χ1v) is 7.53. The molecular formula is C15H16BrN3O3. The predicted molar refractivity (Wildman–Crippen MR) is 85.7 cm³/mol. The van der Waals surface area contributed by atoms with Gasteiger partial charge in [-0.3, -0.25) is 9.89 Å². The maximum Gasteiger partial charge on any atom is 0.342 e. The van der Waals surface area contributed by atoms with Crippen LogP contribution in [0.2, 0.25) is 0 Å². The van der Waals surface area contributed by atoms with E-state index in [1.54, 1.807) is 12.1 Å². The van der Waals surface area contributed by atoms with Gasteiger partial charge in [-0.25, -0.2) is 4.79 Å². The van der Waals surface area contributed by atoms with Gasteiger partial charge in [-0.15, -0.1) is 0 Å². The number of halogens is 1. The lowest BCUT2D eigenvalue weighted by Gasteiger charge is -2.09. The molecule has 6 nitrogen and oxygen atoms in total. The maximum absolute atomic E-state index is 12.0. The number of hydrogen-bond acceptors (Lipinski definition) is 4. The second kappa shape index (κ2) is 7.22. The fraction of sp³-hybridized carbons (Fsp3) is 0.267. The molecule has 2 rings (SSSR count). The molecule has 0 fully saturated rings. The minimum atomic E-state index is -0.570. The third kappa shape index (κ3) is 3.94. The van der Waals surface area contributed by atoms with E-state index in [9.17, 15) is 9.59 Å². The van der Waals surface area contributed by atoms with Crippen LogP contribution in [0.15, 0.2) is 34.9 Å². The smallest absolute Gasteiger partial charge is 0.342 e. The number of anilines is 1. The van der Waals surface area contributed by atoms with Crippen LogP contribution in [0.3, 0.4) is 0 Å². The Balaban J connectivity index is 1.92. The Morgan fingerprint density at radius 3 is 2.77 bits per heavy atom. The zero-order valence-corrected chi connectivity index (χ0v) is 13.8. The first kappa shape index (κ1) is 16.2. The highest BCUT2D eigenvalue weighted by Crippen LogP contribution is 2.21. The summed E-state index contributed by atoms with van der Waals surface area (Å²) in [6, 6.07) is 7.19. The number of amides is 1. The van der Waals surface area contributed by atoms with Crippen LogP contribution in [0, 0.1) is 0 Å². The van der Waals surface area contributed by atoms with Crippen LogP contribution in [-0.4, -0.2) is 28.7 Å². The molecular weight excluding hydrogens is 350 g/mol. The van der Waals surface area contributed by atoms with Gasteiger partial charge < -0.3 is 10.1 Å². The SMILES string of the molecule is CC(C)c1[nH]ncc1C(=O)OCC(=O)Nc1ccccc1Br. The summed E-state index contributed by atoms with van der Waals surface area (Å²) in [5.41, 5.74) is 1.66. The number of para-hydroxylation sites is 1. The second-order valence-corrected chi connectivity index (χ2v) is 5.81. The fourth-order valence-corrected chi connectivity index (χ4v) is 2.24. The minimum absolute atomic E-state index is 0.110. The second-order valence-electron chi connectivity index (χ2n) is 4.96. The van der Waals surface area contributed by atoms with Gasteiger partial charge in [0, 0.05) is 4.47 Å². The molecule has 1 amide bonds. The first-order valence-electron chi connectivity index (χ1n) is 6.73. The Morgan fingerprint density at radius 1 is 1.36 bits per heavy atom. The molecule has 0 unspecified atom stereocenters. The number of hydrogen-bond donors (Lipinski definition) is 2. The van der Waals surface area contributed by atoms with Gasteiger partial charge in [-0.1, -0.05) is 26.0 Å². The Morgan fingerprint density at radius 2 is 2.09 bits per heavy atom. The van der Waals surface area contributed by atoms with Crippen LogP contribution < -0.4 is 5.32 Å². The molecule has 1 heterocycles. The lowest BCUT2D eigenvalue weighted by molar-refractivity contribution is -0.119. The van der Waals surface area contributed by atoms with Gasteiger partial charge in [0.1, 0.15) is 5.56 Å². The van der Waals surface area contributed by atoms with Crippen LogP contribution in [0.4, 0.5) is 5.69 Å². The van der Waals surface area contributed by atoms with Crippen LogP contribution in [-0.2, 0) is 9.53 Å². The maximum atomic E-state index is 12.0. The topological polar surface area (TPSA) is 84.1 Å². The standard InChI is InChI=1S/C15H16BrN3O3/c1-9(2)14-10(7-17-19-14)15(21)22-8-13(20)18-12-6-4-3-5-11(12)16/h3-7,9H,8H2,1-2H3,(H,17,19)(H,18,20). The van der Waals surface area contributed by atoms with Gasteiger partial charge in [0.05, 0.1) is 17.6 Å². The minimum Gasteiger partial charge on any atom is -0.452 e. The molecule has 1 aromatic heterocycles. The highest BCUT2D eigenvalue weighted by atomic mass is 79.9. The van der Waals surface area contributed by atoms with Crippen molar-refractivity contribution < 1.29 is 14.3 Å². The Labute approximate surface area is 136 Å². The number of H-pyrrole nitrogens is 1. The summed E-state index contributed by atoms with van der Waals surface area (Å²) in [6.45, 7) is 3.51. The number of carbonyl (C=O) groups excluding carboxylic acids is 2. The van der Waals surface area contributed by atoms with E-state index >= 15 is 0 Å². The van der Waals surface area contributed by atoms with Crippen molar-refractivity contribution in [1.82, 2.24) is 10.2 Å². The normalized spacial score (nSPS) is 10.5. The van der Waals surface area contributed by atoms with E-state index in [2.05, 4.69) is 31.4 Å². The third-order valence-electron chi connectivity index (χ3n) is 2.95. The molecule has 0 saturated heterocycles. The third-order valence-corrected chi connectivity index (χ3v) is 3.64. The summed E-state index contributed by atoms with van der Waals surface area (Å²) < 4.78 is 5.78. The van der Waals surface area contributed by atoms with Crippen molar-refractivity contribution in [2.45, 2.75) is 19.8 Å². The summed E-state index contributed by atoms with van der Waals surface area (Å²) in [6.07, 6.45) is 1.41. The number of aromatic amines is 1. The molecule has 0 spiro atoms. The summed E-state index contributed by atoms with van der Waals surface area (Å²) in [5.74, 6) is -0.867. The molecule has 0 saturated carbocycles. The number of nitrogens with zero attached hydrogens (tertiary/aromatic N) is 1. The lowest BCUT2D eigenvalue weighted by Crippen LogP contribution is -2.21. The molecule has 7 heteroatoms. The quantitative estimate of drug-likeness (QED) is 0.797. The largest absolute Gasteiger partial charge is 0.452 e. The van der Waals surface area contributed by atoms with Crippen LogP contribution in [0.25, 0.3) is 0 Å². The van der Waals surface area contributed by atoms with Gasteiger partial charge in [0.25, 0.3) is 5.91 Å². The average Bonchev–Trinajstić information content (AvgIpc) is 2.97. The predicted octanol–water partition coefficient (Wildman–Crippen LogP) is 3.09. The number of carbonyl (C=O) groups is 2. The van der Waals surface area contributed by atoms with Crippen molar-refractivity contribution in [3.63, 3.8) is 0 Å². The fourth-order valence-electron chi connectivity index (χ4n) is 1.86. The Bertz CT molecular complexity index is 682. The monoisotopic (exact) mass is 365 g/mol. The summed E-state index contributed by atoms with van der Waals surface area (Å²) in [7, 11) is 0. The molecule has 22 heavy (non-hydrogen) atoms. The first-order chi connectivity index (χ1) is 10.5. The van der Waals surface area contributed by atoms with Gasteiger partial charge >= 0.3 is 5.97 Å². The van der Waals surface area contributed by atoms with E-state index in [1.807, 2.05) is 26.0 Å². The molecule has 0 radical (unpaired) electrons. The molecule has 2 aromatic rings. The zero-order valence-electron chi connectivity index (χ0n) is 12.2. The zero-order chi connectivity index (χ0) is 16.1. The van der Waals surface area contributed by atoms with Gasteiger partial charge in [-0.2, -0.15) is 5.10 Å². The van der Waals surface area contributed by atoms with Crippen molar-refractivity contribution in [3.05, 3.63) is 46.2 Å². The molecule has 0 aliphatic carbocycles. The van der Waals surface area contributed by atoms with Crippen molar-refractivity contribution in [2.75, 3.05) is 11.9 Å². The van der Waals surface area contributed by atoms with Gasteiger partial charge in [0.15, 0.2) is 6.61 Å². The van der Waals surface area contributed by atoms with E-state index in [0.717, 1.165) is 4.47 Å². The van der Waals surface area contributed by atoms with E-state index < -0.39 is 11.9 Å². The van der Waals surface area contributed by atoms with Crippen molar-refractivity contribution in [1.29, 1.82) is 0 Å². The molecule has 0 aliphatic rings.